The number of aliphatic carboxylic acids is 1. The fraction of sp³-hybridized carbons (Fsp3) is 0.528. The Morgan fingerprint density at radius 3 is 2.31 bits per heavy atom. The molecule has 1 amide bonds. The minimum absolute atomic E-state index is 0.0445. The summed E-state index contributed by atoms with van der Waals surface area (Å²) in [7, 11) is 1.89. The summed E-state index contributed by atoms with van der Waals surface area (Å²) in [5.41, 5.74) is 2.33. The number of benzene rings is 2. The number of nitrogens with zero attached hydrogens (tertiary/aromatic N) is 3. The number of carbonyl (C=O) groups excluding carboxylic acids is 2. The molecular weight excluding hydrogens is 655 g/mol. The number of halogens is 2. The zero-order valence-corrected chi connectivity index (χ0v) is 29.2. The number of Topliss-reactive ketones (excluding diaryl/α,β-unsaturated/α-hetero) is 1. The van der Waals surface area contributed by atoms with Crippen LogP contribution in [0.1, 0.15) is 68.3 Å². The largest absolute Gasteiger partial charge is 0.481 e. The first-order valence-corrected chi connectivity index (χ1v) is 17.6. The number of para-hydroxylation sites is 1. The highest BCUT2D eigenvalue weighted by Gasteiger charge is 2.54. The summed E-state index contributed by atoms with van der Waals surface area (Å²) in [6, 6.07) is 10.9. The van der Waals surface area contributed by atoms with Crippen molar-refractivity contribution in [3.05, 3.63) is 63.8 Å². The van der Waals surface area contributed by atoms with Gasteiger partial charge in [0.25, 0.3) is 5.91 Å². The van der Waals surface area contributed by atoms with Gasteiger partial charge in [-0.25, -0.2) is 0 Å². The van der Waals surface area contributed by atoms with E-state index in [-0.39, 0.29) is 41.4 Å². The van der Waals surface area contributed by atoms with Crippen LogP contribution in [0.3, 0.4) is 0 Å². The number of amides is 1. The summed E-state index contributed by atoms with van der Waals surface area (Å²) in [5.74, 6) is -3.03. The molecule has 0 radical (unpaired) electrons. The second-order valence-corrected chi connectivity index (χ2v) is 14.4. The smallest absolute Gasteiger partial charge is 0.306 e. The lowest BCUT2D eigenvalue weighted by Gasteiger charge is -2.52. The van der Waals surface area contributed by atoms with Crippen LogP contribution < -0.4 is 5.32 Å². The van der Waals surface area contributed by atoms with Gasteiger partial charge in [-0.3, -0.25) is 24.2 Å². The van der Waals surface area contributed by atoms with Gasteiger partial charge >= 0.3 is 5.97 Å². The van der Waals surface area contributed by atoms with E-state index in [1.807, 2.05) is 49.7 Å². The van der Waals surface area contributed by atoms with Crippen molar-refractivity contribution >= 4 is 57.5 Å². The normalized spacial score (nSPS) is 25.2. The van der Waals surface area contributed by atoms with Crippen molar-refractivity contribution < 1.29 is 29.0 Å². The van der Waals surface area contributed by atoms with E-state index in [9.17, 15) is 19.5 Å². The number of anilines is 1. The predicted octanol–water partition coefficient (Wildman–Crippen LogP) is 6.37. The van der Waals surface area contributed by atoms with Gasteiger partial charge in [0.1, 0.15) is 0 Å². The third-order valence-corrected chi connectivity index (χ3v) is 10.6. The molecule has 10 nitrogen and oxygen atoms in total. The number of carbonyl (C=O) groups is 3. The van der Waals surface area contributed by atoms with Crippen LogP contribution in [0.25, 0.3) is 10.9 Å². The summed E-state index contributed by atoms with van der Waals surface area (Å²) >= 11 is 13.6. The van der Waals surface area contributed by atoms with E-state index in [0.29, 0.717) is 73.7 Å². The first-order valence-electron chi connectivity index (χ1n) is 16.9. The second kappa shape index (κ2) is 14.5. The molecule has 3 heterocycles. The lowest BCUT2D eigenvalue weighted by Crippen LogP contribution is -2.71. The average molecular weight is 700 g/mol. The molecule has 3 atom stereocenters. The van der Waals surface area contributed by atoms with E-state index >= 15 is 0 Å². The molecule has 3 aliphatic rings. The number of ether oxygens (including phenoxy) is 2. The molecule has 2 saturated heterocycles. The maximum Gasteiger partial charge on any atom is 0.306 e. The molecule has 1 saturated carbocycles. The lowest BCUT2D eigenvalue weighted by atomic mass is 9.87. The second-order valence-electron chi connectivity index (χ2n) is 13.5. The van der Waals surface area contributed by atoms with E-state index in [1.165, 1.54) is 0 Å². The molecule has 1 aromatic heterocycles. The lowest BCUT2D eigenvalue weighted by molar-refractivity contribution is -0.274. The minimum Gasteiger partial charge on any atom is -0.481 e. The minimum atomic E-state index is -1.37. The Balaban J connectivity index is 1.29. The Bertz CT molecular complexity index is 1670. The Morgan fingerprint density at radius 2 is 1.65 bits per heavy atom. The number of rotatable bonds is 10. The highest BCUT2D eigenvalue weighted by atomic mass is 35.5. The van der Waals surface area contributed by atoms with E-state index in [0.717, 1.165) is 23.7 Å². The molecule has 3 fully saturated rings. The van der Waals surface area contributed by atoms with Crippen LogP contribution >= 0.6 is 23.2 Å². The monoisotopic (exact) mass is 698 g/mol. The number of carboxylic acid groups (broad SMARTS) is 1. The van der Waals surface area contributed by atoms with Crippen molar-refractivity contribution in [2.24, 2.45) is 13.0 Å². The van der Waals surface area contributed by atoms with Gasteiger partial charge < -0.3 is 24.5 Å². The van der Waals surface area contributed by atoms with Crippen LogP contribution in [-0.4, -0.2) is 87.5 Å². The number of ketones is 1. The molecule has 1 aliphatic carbocycles. The quantitative estimate of drug-likeness (QED) is 0.251. The third kappa shape index (κ3) is 7.02. The van der Waals surface area contributed by atoms with Gasteiger partial charge in [-0.2, -0.15) is 0 Å². The number of fused-ring (bicyclic) bond motifs is 1. The van der Waals surface area contributed by atoms with Crippen LogP contribution in [-0.2, 0) is 32.5 Å². The number of nitrogens with one attached hydrogen (secondary N) is 1. The topological polar surface area (TPSA) is 113 Å². The molecule has 3 aromatic rings. The van der Waals surface area contributed by atoms with Gasteiger partial charge in [-0.15, -0.1) is 0 Å². The summed E-state index contributed by atoms with van der Waals surface area (Å²) in [4.78, 5) is 44.2. The van der Waals surface area contributed by atoms with Gasteiger partial charge in [0.05, 0.1) is 40.5 Å². The highest BCUT2D eigenvalue weighted by molar-refractivity contribution is 6.36. The van der Waals surface area contributed by atoms with Crippen LogP contribution in [0.15, 0.2) is 42.6 Å². The zero-order valence-electron chi connectivity index (χ0n) is 27.7. The summed E-state index contributed by atoms with van der Waals surface area (Å²) in [6.45, 7) is 6.41. The molecule has 12 heteroatoms. The van der Waals surface area contributed by atoms with Crippen molar-refractivity contribution in [1.82, 2.24) is 14.4 Å². The van der Waals surface area contributed by atoms with E-state index in [4.69, 9.17) is 32.7 Å². The van der Waals surface area contributed by atoms with Crippen LogP contribution in [0.2, 0.25) is 10.0 Å². The molecule has 6 rings (SSSR count). The maximum absolute atomic E-state index is 14.9. The Hall–Kier alpha value is -2.99. The molecule has 2 aromatic carbocycles. The number of carboxylic acids is 1. The van der Waals surface area contributed by atoms with Crippen molar-refractivity contribution in [3.63, 3.8) is 0 Å². The summed E-state index contributed by atoms with van der Waals surface area (Å²) in [5, 5.41) is 13.9. The number of aryl methyl sites for hydroxylation is 1. The van der Waals surface area contributed by atoms with E-state index in [2.05, 4.69) is 15.1 Å². The standard InChI is InChI=1S/C36H44Cl2N4O6/c1-22-19-42(20-23(2)47-22)36(41-14-6-7-15-41,48-26-12-10-24(11-13-26)35(45)46)33(43)17-25-16-30(38)31(18-29(25)37)39-34(44)28-21-40(3)32-9-5-4-8-27(28)32/h4-5,8-9,16,18,21-24,26H,6-7,10-15,17,19-20H2,1-3H3,(H,39,44)(H,45,46)/t22-,23?,24-,26-,36?/m0/s1. The number of hydrogen-bond donors (Lipinski definition) is 2. The molecule has 0 bridgehead atoms. The SMILES string of the molecule is CC1CN(C(O[C@H]2CC[C@H](C(=O)O)CC2)(C(=O)Cc2cc(Cl)c(NC(=O)c3cn(C)c4ccccc34)cc2Cl)N2CCCC2)C[C@H](C)O1. The third-order valence-electron chi connectivity index (χ3n) is 9.98. The Kier molecular flexibility index (Phi) is 10.5. The van der Waals surface area contributed by atoms with Crippen molar-refractivity contribution in [3.8, 4) is 0 Å². The van der Waals surface area contributed by atoms with Gasteiger partial charge in [0.15, 0.2) is 5.78 Å². The number of morpholine rings is 1. The van der Waals surface area contributed by atoms with Crippen molar-refractivity contribution in [1.29, 1.82) is 0 Å². The van der Waals surface area contributed by atoms with Crippen LogP contribution in [0.5, 0.6) is 0 Å². The molecule has 48 heavy (non-hydrogen) atoms. The number of aromatic nitrogens is 1. The fourth-order valence-corrected chi connectivity index (χ4v) is 8.16. The van der Waals surface area contributed by atoms with Gasteiger partial charge in [0.2, 0.25) is 5.85 Å². The predicted molar refractivity (Wildman–Crippen MR) is 186 cm³/mol. The van der Waals surface area contributed by atoms with Crippen LogP contribution in [0, 0.1) is 5.92 Å². The van der Waals surface area contributed by atoms with Gasteiger partial charge in [0, 0.05) is 61.8 Å². The molecule has 2 unspecified atom stereocenters. The number of hydrogen-bond acceptors (Lipinski definition) is 7. The number of likely N-dealkylation sites (tertiary alicyclic amines) is 1. The van der Waals surface area contributed by atoms with Gasteiger partial charge in [-0.1, -0.05) is 41.4 Å². The first kappa shape index (κ1) is 34.9. The summed E-state index contributed by atoms with van der Waals surface area (Å²) < 4.78 is 15.0. The maximum atomic E-state index is 14.9. The van der Waals surface area contributed by atoms with Crippen LogP contribution in [0.4, 0.5) is 5.69 Å². The Morgan fingerprint density at radius 1 is 0.979 bits per heavy atom. The Labute approximate surface area is 291 Å². The fourth-order valence-electron chi connectivity index (χ4n) is 7.69. The molecular formula is C36H44Cl2N4O6. The van der Waals surface area contributed by atoms with Crippen molar-refractivity contribution in [2.45, 2.75) is 83.0 Å². The highest BCUT2D eigenvalue weighted by Crippen LogP contribution is 2.39. The van der Waals surface area contributed by atoms with Crippen molar-refractivity contribution in [2.75, 3.05) is 31.5 Å². The summed E-state index contributed by atoms with van der Waals surface area (Å²) in [6.07, 6.45) is 5.26. The van der Waals surface area contributed by atoms with E-state index < -0.39 is 17.7 Å². The van der Waals surface area contributed by atoms with Gasteiger partial charge in [-0.05, 0) is 76.1 Å². The average Bonchev–Trinajstić information content (AvgIpc) is 3.71. The first-order chi connectivity index (χ1) is 23.0. The molecule has 258 valence electrons. The molecule has 2 aliphatic heterocycles. The molecule has 2 N–H and O–H groups in total. The zero-order chi connectivity index (χ0) is 34.2. The molecule has 0 spiro atoms. The van der Waals surface area contributed by atoms with E-state index in [1.54, 1.807) is 18.3 Å².